The molecule has 36 nitrogen and oxygen atoms in total. The van der Waals surface area contributed by atoms with E-state index in [0.717, 1.165) is 126 Å². The van der Waals surface area contributed by atoms with Crippen LogP contribution in [0.2, 0.25) is 0 Å². The van der Waals surface area contributed by atoms with Crippen molar-refractivity contribution in [3.05, 3.63) is 125 Å². The molecule has 147 heavy (non-hydrogen) atoms. The van der Waals surface area contributed by atoms with Gasteiger partial charge in [0.05, 0.1) is 71.3 Å². The van der Waals surface area contributed by atoms with E-state index in [1.165, 1.54) is 14.7 Å². The maximum absolute atomic E-state index is 14.2. The van der Waals surface area contributed by atoms with Crippen LogP contribution >= 0.6 is 0 Å². The third-order valence-corrected chi connectivity index (χ3v) is 29.5. The Morgan fingerprint density at radius 1 is 0.395 bits per heavy atom. The number of carbonyl (C=O) groups is 6. The number of amides is 6. The molecule has 0 unspecified atom stereocenters. The molecule has 6 bridgehead atoms. The number of fused-ring (bicyclic) bond motifs is 15. The van der Waals surface area contributed by atoms with Gasteiger partial charge in [0.1, 0.15) is 106 Å². The van der Waals surface area contributed by atoms with E-state index in [-0.39, 0.29) is 155 Å². The number of nitrogens with one attached hydrogen (secondary N) is 3. The monoisotopic (exact) mass is 2130 g/mol. The third kappa shape index (κ3) is 27.7. The Hall–Kier alpha value is -10.9. The predicted octanol–water partition coefficient (Wildman–Crippen LogP) is 16.9. The van der Waals surface area contributed by atoms with Crippen molar-refractivity contribution in [3.63, 3.8) is 0 Å². The zero-order chi connectivity index (χ0) is 102. The van der Waals surface area contributed by atoms with Gasteiger partial charge in [-0.3, -0.25) is 14.4 Å². The molecular weight excluding hydrogens is 2000 g/mol. The smallest absolute Gasteiger partial charge is 0.408 e. The first-order chi connectivity index (χ1) is 68.9. The van der Waals surface area contributed by atoms with Gasteiger partial charge in [-0.05, 0) is 200 Å². The SMILES string of the molecule is CC[C@@H]1[C@@H]2CN(C(=O)[C@H](C(C)(C)C)NC(=O)O[C@@H]3CCC[C@H]3CCCCCc3nc4ccc(OCc5ncc(C)o5)cc4nc3O2)[C@@H]1[C-]=O.CC[C@@H]1[C@@H]2CN(C(=O)[C@H](C(C)(C)C)NC(=O)O[C@@H]3C[C@H]3CCCCCc3nc4ccc(OCc5ncc(C)o5)cc4nc3O2)[C@@H]1[C-]=O.CC[C@@H]1[C@@H]2CN(C(=O)[C@H](C(C)(C)C)NC(=O)O[C@]3(C)C[C@H]3CCCCCc3nc4ccc(OCc5ncc(C)o5)cc4nc3O2)[C@@H]1[C-]=O.[V].[V].[V]. The van der Waals surface area contributed by atoms with Crippen LogP contribution in [0.15, 0.2) is 86.4 Å². The van der Waals surface area contributed by atoms with Crippen LogP contribution in [0.1, 0.15) is 270 Å². The molecule has 6 aromatic heterocycles. The molecule has 9 aromatic rings. The first kappa shape index (κ1) is 113. The number of rotatable bonds is 15. The number of carbonyl (C=O) groups excluding carboxylic acids is 9. The topological polar surface area (TPSA) is 438 Å². The molecule has 3 saturated carbocycles. The molecule has 3 saturated heterocycles. The van der Waals surface area contributed by atoms with Crippen LogP contribution in [-0.2, 0) is 138 Å². The van der Waals surface area contributed by atoms with E-state index in [4.69, 9.17) is 85.8 Å². The van der Waals surface area contributed by atoms with E-state index in [0.29, 0.717) is 147 Å². The van der Waals surface area contributed by atoms with Gasteiger partial charge >= 0.3 is 18.3 Å². The minimum absolute atomic E-state index is 0. The maximum atomic E-state index is 14.2. The van der Waals surface area contributed by atoms with Crippen molar-refractivity contribution < 1.29 is 155 Å². The van der Waals surface area contributed by atoms with Crippen molar-refractivity contribution in [1.29, 1.82) is 0 Å². The average Bonchev–Trinajstić information content (AvgIpc) is 1.61. The van der Waals surface area contributed by atoms with Crippen LogP contribution < -0.4 is 44.4 Å². The summed E-state index contributed by atoms with van der Waals surface area (Å²) in [6, 6.07) is 11.3. The molecule has 39 heteroatoms. The summed E-state index contributed by atoms with van der Waals surface area (Å²) in [4.78, 5) is 166. The van der Waals surface area contributed by atoms with E-state index < -0.39 is 94.7 Å². The fourth-order valence-electron chi connectivity index (χ4n) is 21.2. The van der Waals surface area contributed by atoms with Gasteiger partial charge in [0, 0.05) is 79.8 Å². The van der Waals surface area contributed by atoms with Gasteiger partial charge in [-0.1, -0.05) is 159 Å². The number of aromatic nitrogens is 9. The third-order valence-electron chi connectivity index (χ3n) is 29.5. The Labute approximate surface area is 894 Å². The zero-order valence-corrected chi connectivity index (χ0v) is 91.2. The van der Waals surface area contributed by atoms with Crippen molar-refractivity contribution in [1.82, 2.24) is 75.5 Å². The van der Waals surface area contributed by atoms with E-state index in [2.05, 4.69) is 49.8 Å². The second-order valence-corrected chi connectivity index (χ2v) is 43.5. The molecule has 6 amide bonds. The summed E-state index contributed by atoms with van der Waals surface area (Å²) < 4.78 is 71.9. The summed E-state index contributed by atoms with van der Waals surface area (Å²) in [5.74, 6) is 5.25. The van der Waals surface area contributed by atoms with E-state index >= 15 is 0 Å². The summed E-state index contributed by atoms with van der Waals surface area (Å²) in [5.41, 5.74) is 3.65. The van der Waals surface area contributed by atoms with Gasteiger partial charge in [-0.15, -0.1) is 0 Å². The number of hydrogen-bond donors (Lipinski definition) is 3. The summed E-state index contributed by atoms with van der Waals surface area (Å²) in [6.45, 7) is 31.2. The van der Waals surface area contributed by atoms with E-state index in [1.807, 2.05) is 165 Å². The largest absolute Gasteiger partial charge is 0.540 e. The first-order valence-electron chi connectivity index (χ1n) is 51.5. The minimum atomic E-state index is -0.925. The Bertz CT molecular complexity index is 6100. The quantitative estimate of drug-likeness (QED) is 0.0634. The summed E-state index contributed by atoms with van der Waals surface area (Å²) in [7, 11) is 0. The Morgan fingerprint density at radius 2 is 0.728 bits per heavy atom. The van der Waals surface area contributed by atoms with Crippen LogP contribution in [0.5, 0.6) is 34.9 Å². The maximum Gasteiger partial charge on any atom is 0.408 e. The molecular formula is C108H138N15O21V3-3. The van der Waals surface area contributed by atoms with Gasteiger partial charge in [-0.25, -0.2) is 78.1 Å². The van der Waals surface area contributed by atoms with Gasteiger partial charge in [-0.2, -0.15) is 0 Å². The number of aryl methyl sites for hydroxylation is 6. The molecule has 3 N–H and O–H groups in total. The number of benzene rings is 3. The Balaban J connectivity index is 0.000000182. The van der Waals surface area contributed by atoms with Gasteiger partial charge in [0.25, 0.3) is 0 Å². The number of nitrogens with zero attached hydrogens (tertiary/aromatic N) is 12. The van der Waals surface area contributed by atoms with Crippen LogP contribution in [0.3, 0.4) is 0 Å². The molecule has 789 valence electrons. The second-order valence-electron chi connectivity index (χ2n) is 43.5. The molecule has 6 fully saturated rings. The molecule has 9 aliphatic rings. The molecule has 0 spiro atoms. The molecule has 18 rings (SSSR count). The molecule has 3 aromatic carbocycles. The minimum Gasteiger partial charge on any atom is -0.540 e. The fraction of sp³-hybridized carbons (Fsp3) is 0.611. The van der Waals surface area contributed by atoms with E-state index in [1.54, 1.807) is 18.6 Å². The first-order valence-corrected chi connectivity index (χ1v) is 51.5. The summed E-state index contributed by atoms with van der Waals surface area (Å²) in [5, 5.41) is 8.55. The van der Waals surface area contributed by atoms with Crippen LogP contribution in [-0.4, -0.2) is 206 Å². The Kier molecular flexibility index (Phi) is 37.9. The molecule has 3 aliphatic carbocycles. The normalized spacial score (nSPS) is 26.9. The molecule has 18 atom stereocenters. The Morgan fingerprint density at radius 3 is 1.06 bits per heavy atom. The summed E-state index contributed by atoms with van der Waals surface area (Å²) >= 11 is 0. The average molecular weight is 2140 g/mol. The van der Waals surface area contributed by atoms with Crippen molar-refractivity contribution in [2.45, 2.75) is 351 Å². The van der Waals surface area contributed by atoms with Crippen LogP contribution in [0, 0.1) is 72.5 Å². The van der Waals surface area contributed by atoms with Gasteiger partial charge in [0.15, 0.2) is 19.8 Å². The number of alkyl carbamates (subject to hydrolysis) is 3. The molecule has 3 radical (unpaired) electrons. The fourth-order valence-corrected chi connectivity index (χ4v) is 21.2. The van der Waals surface area contributed by atoms with Crippen molar-refractivity contribution in [2.75, 3.05) is 19.6 Å². The standard InChI is InChI=1S/C37H48N5O7.C36H46N5O7.C35H44N5O7.3V/c1-6-25-29(20-43)42-19-31(25)48-34-27(39-26-16-15-24(17-28(26)40-34)46-21-32-38-18-22(2)47-32)13-9-7-8-11-23-12-10-14-30(23)49-36(45)41-33(35(42)44)37(3,4)5;1-7-24-28(19-42)41-18-29(24)47-32-26(38-25-14-13-23(15-27(25)39-32)45-20-30-37-17-21(2)46-30)12-10-8-9-11-22-16-36(22,6)48-34(44)40-31(33(41)43)35(3,4)5;1-6-23-27(18-41)40-17-29(23)46-32-25(37-24-13-12-22(15-26(24)38-32)44-19-30-36-16-20(2)45-30)11-9-7-8-10-21-14-28(21)47-34(43)39-31(33(40)42)35(3,4)5;;;/h15-18,23,25,29-31,33H,6-14,19,21H2,1-5H3,(H,41,45);13-15,17,22,24,28-29,31H,7-12,16,18,20H2,1-6H3,(H,40,44);12-13,15-16,21,23,27-29,31H,6-11,14,17,19H2,1-5H3,(H,39,43);;;/q3*-1;;;/t23-,25+,29-,30-,31+,33-;22-,24+,28-,29+,31-,36-;21-,23+,27-,28-,29+,31-;;;/m111.../s1. The van der Waals surface area contributed by atoms with Gasteiger partial charge in [0.2, 0.25) is 53.0 Å². The van der Waals surface area contributed by atoms with E-state index in [9.17, 15) is 43.2 Å². The predicted molar refractivity (Wildman–Crippen MR) is 528 cm³/mol. The van der Waals surface area contributed by atoms with Gasteiger partial charge < -0.3 is 101 Å². The zero-order valence-electron chi connectivity index (χ0n) is 87.0. The second kappa shape index (κ2) is 49.2. The molecule has 12 heterocycles. The summed E-state index contributed by atoms with van der Waals surface area (Å²) in [6.07, 6.45) is 27.2. The number of oxazole rings is 3. The van der Waals surface area contributed by atoms with Crippen LogP contribution in [0.4, 0.5) is 14.4 Å². The molecule has 6 aliphatic heterocycles. The van der Waals surface area contributed by atoms with Crippen molar-refractivity contribution >= 4 is 88.0 Å². The van der Waals surface area contributed by atoms with Crippen LogP contribution in [0.25, 0.3) is 33.1 Å². The van der Waals surface area contributed by atoms with Crippen molar-refractivity contribution in [2.24, 2.45) is 51.8 Å². The van der Waals surface area contributed by atoms with Crippen molar-refractivity contribution in [3.8, 4) is 34.9 Å². The number of ether oxygens (including phenoxy) is 9. The number of hydrogen-bond acceptors (Lipinski definition) is 30.